The smallest absolute Gasteiger partial charge is 0.238 e. The Morgan fingerprint density at radius 1 is 1.33 bits per heavy atom. The van der Waals surface area contributed by atoms with Gasteiger partial charge in [0.1, 0.15) is 0 Å². The molecule has 0 aromatic heterocycles. The van der Waals surface area contributed by atoms with E-state index in [0.29, 0.717) is 16.9 Å². The predicted octanol–water partition coefficient (Wildman–Crippen LogP) is 2.27. The van der Waals surface area contributed by atoms with E-state index < -0.39 is 0 Å². The van der Waals surface area contributed by atoms with Crippen molar-refractivity contribution in [2.75, 3.05) is 14.1 Å². The Morgan fingerprint density at radius 2 is 1.94 bits per heavy atom. The molecule has 3 heteroatoms. The van der Waals surface area contributed by atoms with Gasteiger partial charge in [-0.2, -0.15) is 0 Å². The van der Waals surface area contributed by atoms with E-state index in [-0.39, 0.29) is 11.9 Å². The van der Waals surface area contributed by atoms with Crippen molar-refractivity contribution in [3.8, 4) is 0 Å². The molecule has 2 bridgehead atoms. The lowest BCUT2D eigenvalue weighted by molar-refractivity contribution is -0.131. The summed E-state index contributed by atoms with van der Waals surface area (Å²) >= 11 is 0. The van der Waals surface area contributed by atoms with Gasteiger partial charge >= 0.3 is 0 Å². The maximum Gasteiger partial charge on any atom is 0.238 e. The van der Waals surface area contributed by atoms with E-state index in [0.717, 1.165) is 5.92 Å². The topological polar surface area (TPSA) is 32.3 Å². The molecule has 2 aliphatic carbocycles. The first-order valence-electron chi connectivity index (χ1n) is 7.16. The monoisotopic (exact) mass is 252 g/mol. The molecule has 2 aliphatic rings. The fraction of sp³-hybridized carbons (Fsp3) is 0.933. The lowest BCUT2D eigenvalue weighted by Crippen LogP contribution is -2.56. The Labute approximate surface area is 111 Å². The number of nitrogens with one attached hydrogen (secondary N) is 1. The molecule has 2 rings (SSSR count). The predicted molar refractivity (Wildman–Crippen MR) is 74.3 cm³/mol. The standard InChI is InChI=1S/C15H28N2O/c1-10(12(18)17(5)6)16-13-14(2,3)11-7-8-15(13,4)9-11/h10-11,13,16H,7-9H2,1-6H3/t10?,11-,13?,15+/m0/s1. The van der Waals surface area contributed by atoms with Gasteiger partial charge in [-0.1, -0.05) is 20.8 Å². The highest BCUT2D eigenvalue weighted by Crippen LogP contribution is 2.62. The summed E-state index contributed by atoms with van der Waals surface area (Å²) in [6, 6.07) is 0.378. The molecule has 0 radical (unpaired) electrons. The third-order valence-electron chi connectivity index (χ3n) is 5.50. The van der Waals surface area contributed by atoms with Gasteiger partial charge in [-0.05, 0) is 42.9 Å². The normalized spacial score (nSPS) is 38.8. The maximum absolute atomic E-state index is 12.0. The van der Waals surface area contributed by atoms with Crippen LogP contribution in [-0.4, -0.2) is 37.0 Å². The molecule has 2 fully saturated rings. The van der Waals surface area contributed by atoms with Crippen LogP contribution in [0, 0.1) is 16.7 Å². The second-order valence-electron chi connectivity index (χ2n) is 7.47. The molecule has 2 unspecified atom stereocenters. The van der Waals surface area contributed by atoms with Crippen molar-refractivity contribution in [2.45, 2.75) is 59.0 Å². The van der Waals surface area contributed by atoms with Crippen LogP contribution in [0.15, 0.2) is 0 Å². The third kappa shape index (κ3) is 1.97. The molecule has 0 heterocycles. The summed E-state index contributed by atoms with van der Waals surface area (Å²) < 4.78 is 0. The van der Waals surface area contributed by atoms with Gasteiger partial charge in [0.05, 0.1) is 6.04 Å². The van der Waals surface area contributed by atoms with Crippen LogP contribution in [0.5, 0.6) is 0 Å². The van der Waals surface area contributed by atoms with Gasteiger partial charge in [0, 0.05) is 20.1 Å². The van der Waals surface area contributed by atoms with Gasteiger partial charge in [-0.3, -0.25) is 4.79 Å². The van der Waals surface area contributed by atoms with E-state index in [4.69, 9.17) is 0 Å². The summed E-state index contributed by atoms with van der Waals surface area (Å²) in [4.78, 5) is 13.7. The molecule has 104 valence electrons. The minimum atomic E-state index is -0.0829. The van der Waals surface area contributed by atoms with Gasteiger partial charge in [0.15, 0.2) is 0 Å². The molecule has 1 N–H and O–H groups in total. The molecule has 4 atom stereocenters. The van der Waals surface area contributed by atoms with Gasteiger partial charge in [-0.15, -0.1) is 0 Å². The summed E-state index contributed by atoms with van der Waals surface area (Å²) in [5.41, 5.74) is 0.697. The van der Waals surface area contributed by atoms with E-state index in [1.165, 1.54) is 19.3 Å². The molecule has 0 spiro atoms. The molecular weight excluding hydrogens is 224 g/mol. The van der Waals surface area contributed by atoms with Crippen molar-refractivity contribution in [1.29, 1.82) is 0 Å². The van der Waals surface area contributed by atoms with Crippen LogP contribution < -0.4 is 5.32 Å². The lowest BCUT2D eigenvalue weighted by atomic mass is 9.68. The summed E-state index contributed by atoms with van der Waals surface area (Å²) in [6.45, 7) is 9.12. The molecule has 2 saturated carbocycles. The molecule has 3 nitrogen and oxygen atoms in total. The lowest BCUT2D eigenvalue weighted by Gasteiger charge is -2.44. The highest BCUT2D eigenvalue weighted by atomic mass is 16.2. The van der Waals surface area contributed by atoms with Crippen LogP contribution in [-0.2, 0) is 4.79 Å². The Bertz CT molecular complexity index is 346. The Hall–Kier alpha value is -0.570. The molecular formula is C15H28N2O. The second-order valence-corrected chi connectivity index (χ2v) is 7.47. The van der Waals surface area contributed by atoms with Crippen molar-refractivity contribution in [3.05, 3.63) is 0 Å². The molecule has 0 aromatic rings. The van der Waals surface area contributed by atoms with E-state index in [2.05, 4.69) is 26.1 Å². The number of fused-ring (bicyclic) bond motifs is 2. The Kier molecular flexibility index (Phi) is 3.25. The van der Waals surface area contributed by atoms with Crippen LogP contribution in [0.3, 0.4) is 0 Å². The van der Waals surface area contributed by atoms with Crippen molar-refractivity contribution in [1.82, 2.24) is 10.2 Å². The summed E-state index contributed by atoms with van der Waals surface area (Å²) in [5.74, 6) is 0.999. The zero-order valence-corrected chi connectivity index (χ0v) is 12.7. The maximum atomic E-state index is 12.0. The van der Waals surface area contributed by atoms with Gasteiger partial charge in [0.2, 0.25) is 5.91 Å². The van der Waals surface area contributed by atoms with Crippen LogP contribution >= 0.6 is 0 Å². The van der Waals surface area contributed by atoms with E-state index in [9.17, 15) is 4.79 Å². The van der Waals surface area contributed by atoms with Crippen LogP contribution in [0.4, 0.5) is 0 Å². The zero-order valence-electron chi connectivity index (χ0n) is 12.7. The second kappa shape index (κ2) is 4.22. The SMILES string of the molecule is CC(NC1C(C)(C)[C@H]2CC[C@]1(C)C2)C(=O)N(C)C. The minimum Gasteiger partial charge on any atom is -0.347 e. The number of likely N-dealkylation sites (N-methyl/N-ethyl adjacent to an activating group) is 1. The number of hydrogen-bond donors (Lipinski definition) is 1. The first-order valence-corrected chi connectivity index (χ1v) is 7.16. The van der Waals surface area contributed by atoms with Crippen LogP contribution in [0.1, 0.15) is 47.0 Å². The number of carbonyl (C=O) groups excluding carboxylic acids is 1. The zero-order chi connectivity index (χ0) is 13.7. The van der Waals surface area contributed by atoms with Crippen molar-refractivity contribution >= 4 is 5.91 Å². The molecule has 0 saturated heterocycles. The molecule has 1 amide bonds. The first-order chi connectivity index (χ1) is 8.18. The van der Waals surface area contributed by atoms with Crippen LogP contribution in [0.25, 0.3) is 0 Å². The first kappa shape index (κ1) is 13.9. The Morgan fingerprint density at radius 3 is 2.39 bits per heavy atom. The van der Waals surface area contributed by atoms with Crippen LogP contribution in [0.2, 0.25) is 0 Å². The number of rotatable bonds is 3. The van der Waals surface area contributed by atoms with E-state index in [1.54, 1.807) is 4.90 Å². The summed E-state index contributed by atoms with van der Waals surface area (Å²) in [7, 11) is 3.66. The highest BCUT2D eigenvalue weighted by molar-refractivity contribution is 5.81. The number of hydrogen-bond acceptors (Lipinski definition) is 2. The molecule has 18 heavy (non-hydrogen) atoms. The average molecular weight is 252 g/mol. The quantitative estimate of drug-likeness (QED) is 0.835. The number of carbonyl (C=O) groups is 1. The fourth-order valence-corrected chi connectivity index (χ4v) is 4.43. The minimum absolute atomic E-state index is 0.0829. The number of amides is 1. The average Bonchev–Trinajstić information content (AvgIpc) is 2.74. The number of nitrogens with zero attached hydrogens (tertiary/aromatic N) is 1. The summed E-state index contributed by atoms with van der Waals surface area (Å²) in [5, 5.41) is 3.63. The van der Waals surface area contributed by atoms with Gasteiger partial charge in [0.25, 0.3) is 0 Å². The van der Waals surface area contributed by atoms with E-state index >= 15 is 0 Å². The highest BCUT2D eigenvalue weighted by Gasteiger charge is 2.59. The van der Waals surface area contributed by atoms with Crippen molar-refractivity contribution < 1.29 is 4.79 Å². The van der Waals surface area contributed by atoms with Gasteiger partial charge in [-0.25, -0.2) is 0 Å². The van der Waals surface area contributed by atoms with E-state index in [1.807, 2.05) is 21.0 Å². The molecule has 0 aromatic carbocycles. The van der Waals surface area contributed by atoms with Crippen molar-refractivity contribution in [2.24, 2.45) is 16.7 Å². The third-order valence-corrected chi connectivity index (χ3v) is 5.50. The fourth-order valence-electron chi connectivity index (χ4n) is 4.43. The Balaban J connectivity index is 2.11. The summed E-state index contributed by atoms with van der Waals surface area (Å²) in [6.07, 6.45) is 3.99. The largest absolute Gasteiger partial charge is 0.347 e. The van der Waals surface area contributed by atoms with Gasteiger partial charge < -0.3 is 10.2 Å². The van der Waals surface area contributed by atoms with Crippen molar-refractivity contribution in [3.63, 3.8) is 0 Å². The molecule has 0 aliphatic heterocycles.